The van der Waals surface area contributed by atoms with Gasteiger partial charge in [0.2, 0.25) is 0 Å². The smallest absolute Gasteiger partial charge is 0.103 e. The third-order valence-corrected chi connectivity index (χ3v) is 3.62. The van der Waals surface area contributed by atoms with Gasteiger partial charge >= 0.3 is 0 Å². The van der Waals surface area contributed by atoms with Crippen molar-refractivity contribution < 1.29 is 0 Å². The molecule has 1 aromatic heterocycles. The summed E-state index contributed by atoms with van der Waals surface area (Å²) < 4.78 is 3.35. The molecule has 0 aliphatic carbocycles. The number of nitrogens with zero attached hydrogens (tertiary/aromatic N) is 2. The molecule has 0 radical (unpaired) electrons. The van der Waals surface area contributed by atoms with Crippen molar-refractivity contribution in [1.29, 1.82) is 0 Å². The Bertz CT molecular complexity index is 486. The van der Waals surface area contributed by atoms with Crippen LogP contribution in [0.3, 0.4) is 0 Å². The minimum absolute atomic E-state index is 0.560. The monoisotopic (exact) mass is 265 g/mol. The van der Waals surface area contributed by atoms with E-state index in [9.17, 15) is 0 Å². The molecule has 1 saturated heterocycles. The largest absolute Gasteiger partial charge is 0.326 e. The van der Waals surface area contributed by atoms with Crippen molar-refractivity contribution >= 4 is 27.0 Å². The van der Waals surface area contributed by atoms with Crippen molar-refractivity contribution in [3.05, 3.63) is 29.0 Å². The van der Waals surface area contributed by atoms with E-state index in [-0.39, 0.29) is 0 Å². The molecule has 1 aliphatic heterocycles. The van der Waals surface area contributed by atoms with E-state index in [1.54, 1.807) is 0 Å². The average molecular weight is 266 g/mol. The molecule has 1 unspecified atom stereocenters. The minimum atomic E-state index is 0.560. The number of hydrogen-bond donors (Lipinski definition) is 1. The summed E-state index contributed by atoms with van der Waals surface area (Å²) in [5.74, 6) is 0. The second-order valence-electron chi connectivity index (χ2n) is 3.91. The molecule has 0 saturated carbocycles. The van der Waals surface area contributed by atoms with E-state index < -0.39 is 0 Å². The molecule has 3 nitrogen and oxygen atoms in total. The van der Waals surface area contributed by atoms with Crippen molar-refractivity contribution in [2.45, 2.75) is 12.5 Å². The fourth-order valence-electron chi connectivity index (χ4n) is 2.19. The van der Waals surface area contributed by atoms with Gasteiger partial charge in [-0.25, -0.2) is 4.98 Å². The first-order valence-electron chi connectivity index (χ1n) is 5.18. The Morgan fingerprint density at radius 1 is 1.47 bits per heavy atom. The van der Waals surface area contributed by atoms with Crippen LogP contribution < -0.4 is 5.32 Å². The van der Waals surface area contributed by atoms with Crippen LogP contribution in [0.2, 0.25) is 0 Å². The zero-order valence-corrected chi connectivity index (χ0v) is 9.87. The number of aromatic nitrogens is 2. The van der Waals surface area contributed by atoms with E-state index in [1.165, 1.54) is 11.9 Å². The van der Waals surface area contributed by atoms with Crippen LogP contribution in [-0.2, 0) is 0 Å². The maximum absolute atomic E-state index is 4.45. The second-order valence-corrected chi connectivity index (χ2v) is 4.76. The van der Waals surface area contributed by atoms with Crippen molar-refractivity contribution in [3.63, 3.8) is 0 Å². The zero-order chi connectivity index (χ0) is 10.3. The Labute approximate surface area is 96.6 Å². The average Bonchev–Trinajstić information content (AvgIpc) is 2.85. The van der Waals surface area contributed by atoms with Gasteiger partial charge < -0.3 is 9.88 Å². The lowest BCUT2D eigenvalue weighted by molar-refractivity contribution is 0.561. The Hall–Kier alpha value is -0.870. The number of nitrogens with one attached hydrogen (secondary N) is 1. The number of hydrogen-bond acceptors (Lipinski definition) is 2. The van der Waals surface area contributed by atoms with Crippen LogP contribution >= 0.6 is 15.9 Å². The Morgan fingerprint density at radius 2 is 2.40 bits per heavy atom. The SMILES string of the molecule is Brc1cccc2c1ncn2C1CCNC1. The highest BCUT2D eigenvalue weighted by atomic mass is 79.9. The molecule has 4 heteroatoms. The number of fused-ring (bicyclic) bond motifs is 1. The first-order valence-corrected chi connectivity index (χ1v) is 5.97. The third-order valence-electron chi connectivity index (χ3n) is 2.98. The second kappa shape index (κ2) is 3.61. The molecule has 2 aromatic rings. The summed E-state index contributed by atoms with van der Waals surface area (Å²) in [6, 6.07) is 6.79. The molecule has 0 spiro atoms. The maximum Gasteiger partial charge on any atom is 0.103 e. The van der Waals surface area contributed by atoms with E-state index in [1.807, 2.05) is 12.4 Å². The number of imidazole rings is 1. The van der Waals surface area contributed by atoms with E-state index >= 15 is 0 Å². The maximum atomic E-state index is 4.45. The van der Waals surface area contributed by atoms with Crippen molar-refractivity contribution in [2.24, 2.45) is 0 Å². The van der Waals surface area contributed by atoms with E-state index in [0.717, 1.165) is 23.1 Å². The van der Waals surface area contributed by atoms with Crippen LogP contribution in [0.15, 0.2) is 29.0 Å². The molecule has 1 aliphatic rings. The summed E-state index contributed by atoms with van der Waals surface area (Å²) in [5, 5.41) is 3.38. The van der Waals surface area contributed by atoms with Gasteiger partial charge in [0.05, 0.1) is 11.8 Å². The number of benzene rings is 1. The fraction of sp³-hybridized carbons (Fsp3) is 0.364. The Morgan fingerprint density at radius 3 is 3.20 bits per heavy atom. The van der Waals surface area contributed by atoms with Gasteiger partial charge in [0.25, 0.3) is 0 Å². The fourth-order valence-corrected chi connectivity index (χ4v) is 2.65. The molecule has 15 heavy (non-hydrogen) atoms. The quantitative estimate of drug-likeness (QED) is 0.858. The van der Waals surface area contributed by atoms with Crippen LogP contribution in [0.1, 0.15) is 12.5 Å². The first kappa shape index (κ1) is 9.36. The zero-order valence-electron chi connectivity index (χ0n) is 8.28. The van der Waals surface area contributed by atoms with Crippen LogP contribution in [0.25, 0.3) is 11.0 Å². The van der Waals surface area contributed by atoms with Gasteiger partial charge in [0.15, 0.2) is 0 Å². The molecule has 78 valence electrons. The highest BCUT2D eigenvalue weighted by Gasteiger charge is 2.18. The molecular weight excluding hydrogens is 254 g/mol. The third kappa shape index (κ3) is 1.48. The summed E-state index contributed by atoms with van der Waals surface area (Å²) in [6.45, 7) is 2.16. The predicted octanol–water partition coefficient (Wildman–Crippen LogP) is 2.33. The molecule has 1 atom stereocenters. The molecule has 3 rings (SSSR count). The number of rotatable bonds is 1. The van der Waals surface area contributed by atoms with Gasteiger partial charge in [-0.3, -0.25) is 0 Å². The van der Waals surface area contributed by atoms with Crippen molar-refractivity contribution in [3.8, 4) is 0 Å². The highest BCUT2D eigenvalue weighted by Crippen LogP contribution is 2.26. The summed E-state index contributed by atoms with van der Waals surface area (Å²) in [6.07, 6.45) is 3.14. The molecule has 1 fully saturated rings. The lowest BCUT2D eigenvalue weighted by Crippen LogP contribution is -2.12. The molecule has 0 bridgehead atoms. The van der Waals surface area contributed by atoms with Crippen molar-refractivity contribution in [1.82, 2.24) is 14.9 Å². The van der Waals surface area contributed by atoms with E-state index in [0.29, 0.717) is 6.04 Å². The van der Waals surface area contributed by atoms with E-state index in [4.69, 9.17) is 0 Å². The van der Waals surface area contributed by atoms with Gasteiger partial charge in [-0.15, -0.1) is 0 Å². The lowest BCUT2D eigenvalue weighted by Gasteiger charge is -2.11. The van der Waals surface area contributed by atoms with Crippen LogP contribution in [-0.4, -0.2) is 22.6 Å². The molecule has 1 aromatic carbocycles. The molecule has 0 amide bonds. The van der Waals surface area contributed by atoms with Gasteiger partial charge in [0.1, 0.15) is 5.52 Å². The summed E-state index contributed by atoms with van der Waals surface area (Å²) >= 11 is 3.53. The van der Waals surface area contributed by atoms with Crippen LogP contribution in [0.4, 0.5) is 0 Å². The van der Waals surface area contributed by atoms with Crippen LogP contribution in [0, 0.1) is 0 Å². The molecular formula is C11H12BrN3. The highest BCUT2D eigenvalue weighted by molar-refractivity contribution is 9.10. The van der Waals surface area contributed by atoms with Crippen molar-refractivity contribution in [2.75, 3.05) is 13.1 Å². The topological polar surface area (TPSA) is 29.9 Å². The van der Waals surface area contributed by atoms with Crippen LogP contribution in [0.5, 0.6) is 0 Å². The van der Waals surface area contributed by atoms with Gasteiger partial charge in [-0.05, 0) is 41.0 Å². The predicted molar refractivity (Wildman–Crippen MR) is 64.0 cm³/mol. The van der Waals surface area contributed by atoms with Gasteiger partial charge in [0, 0.05) is 17.1 Å². The Kier molecular flexibility index (Phi) is 2.25. The summed E-state index contributed by atoms with van der Waals surface area (Å²) in [4.78, 5) is 4.45. The standard InChI is InChI=1S/C11H12BrN3/c12-9-2-1-3-10-11(9)14-7-15(10)8-4-5-13-6-8/h1-3,7-8,13H,4-6H2. The first-order chi connectivity index (χ1) is 7.36. The van der Waals surface area contributed by atoms with E-state index in [2.05, 4.69) is 42.9 Å². The minimum Gasteiger partial charge on any atom is -0.326 e. The summed E-state index contributed by atoms with van der Waals surface area (Å²) in [7, 11) is 0. The van der Waals surface area contributed by atoms with Gasteiger partial charge in [-0.2, -0.15) is 0 Å². The lowest BCUT2D eigenvalue weighted by atomic mass is 10.2. The van der Waals surface area contributed by atoms with Gasteiger partial charge in [-0.1, -0.05) is 6.07 Å². The normalized spacial score (nSPS) is 21.3. The molecule has 2 heterocycles. The number of halogens is 1. The number of para-hydroxylation sites is 1. The Balaban J connectivity index is 2.15. The molecule has 1 N–H and O–H groups in total. The summed E-state index contributed by atoms with van der Waals surface area (Å²) in [5.41, 5.74) is 2.28.